The quantitative estimate of drug-likeness (QED) is 0.682. The summed E-state index contributed by atoms with van der Waals surface area (Å²) in [6.07, 6.45) is -0.298. The van der Waals surface area contributed by atoms with Gasteiger partial charge in [0.15, 0.2) is 0 Å². The first-order chi connectivity index (χ1) is 13.6. The third-order valence-electron chi connectivity index (χ3n) is 4.68. The van der Waals surface area contributed by atoms with Gasteiger partial charge in [-0.15, -0.1) is 0 Å². The van der Waals surface area contributed by atoms with Crippen LogP contribution < -0.4 is 10.6 Å². The van der Waals surface area contributed by atoms with Gasteiger partial charge < -0.3 is 20.1 Å². The number of fused-ring (bicyclic) bond motifs is 1. The van der Waals surface area contributed by atoms with Crippen molar-refractivity contribution in [2.75, 3.05) is 53.6 Å². The Labute approximate surface area is 164 Å². The van der Waals surface area contributed by atoms with Crippen LogP contribution in [0, 0.1) is 0 Å². The first kappa shape index (κ1) is 20.2. The standard InChI is InChI=1S/C20H26N4O4/c1-21-20(26)15-11-17(23-16-6-4-3-5-14(15)16)18-12-24(8-10-28-18)13-19(25)22-7-9-27-2/h3-6,11,18H,7-10,12-13H2,1-2H3,(H,21,26)(H,22,25)/t18-/m1/s1. The number of carbonyl (C=O) groups excluding carboxylic acids is 2. The van der Waals surface area contributed by atoms with Crippen LogP contribution in [0.15, 0.2) is 30.3 Å². The SMILES string of the molecule is CNC(=O)c1cc([C@H]2CN(CC(=O)NCCOC)CCO2)nc2ccccc12. The molecule has 0 unspecified atom stereocenters. The molecule has 8 heteroatoms. The van der Waals surface area contributed by atoms with Gasteiger partial charge in [-0.25, -0.2) is 4.98 Å². The van der Waals surface area contributed by atoms with Crippen molar-refractivity contribution in [3.05, 3.63) is 41.6 Å². The molecule has 2 N–H and O–H groups in total. The summed E-state index contributed by atoms with van der Waals surface area (Å²) in [4.78, 5) is 31.1. The molecular formula is C20H26N4O4. The predicted molar refractivity (Wildman–Crippen MR) is 105 cm³/mol. The Morgan fingerprint density at radius 1 is 1.36 bits per heavy atom. The zero-order chi connectivity index (χ0) is 19.9. The summed E-state index contributed by atoms with van der Waals surface area (Å²) in [5.74, 6) is -0.208. The molecule has 150 valence electrons. The van der Waals surface area contributed by atoms with Crippen LogP contribution in [-0.4, -0.2) is 75.2 Å². The number of pyridine rings is 1. The highest BCUT2D eigenvalue weighted by Crippen LogP contribution is 2.26. The Morgan fingerprint density at radius 3 is 2.96 bits per heavy atom. The van der Waals surface area contributed by atoms with E-state index in [2.05, 4.69) is 10.6 Å². The Balaban J connectivity index is 1.76. The average Bonchev–Trinajstić information content (AvgIpc) is 2.72. The van der Waals surface area contributed by atoms with Crippen molar-refractivity contribution in [1.29, 1.82) is 0 Å². The van der Waals surface area contributed by atoms with Gasteiger partial charge in [0.25, 0.3) is 5.91 Å². The van der Waals surface area contributed by atoms with E-state index < -0.39 is 0 Å². The van der Waals surface area contributed by atoms with Gasteiger partial charge in [0.2, 0.25) is 5.91 Å². The van der Waals surface area contributed by atoms with Crippen molar-refractivity contribution in [3.8, 4) is 0 Å². The summed E-state index contributed by atoms with van der Waals surface area (Å²) < 4.78 is 10.8. The van der Waals surface area contributed by atoms with E-state index in [1.165, 1.54) is 0 Å². The number of para-hydroxylation sites is 1. The number of benzene rings is 1. The molecule has 1 saturated heterocycles. The number of methoxy groups -OCH3 is 1. The molecule has 1 aliphatic heterocycles. The second-order valence-corrected chi connectivity index (χ2v) is 6.63. The van der Waals surface area contributed by atoms with Gasteiger partial charge in [-0.1, -0.05) is 18.2 Å². The highest BCUT2D eigenvalue weighted by Gasteiger charge is 2.26. The number of nitrogens with zero attached hydrogens (tertiary/aromatic N) is 2. The highest BCUT2D eigenvalue weighted by molar-refractivity contribution is 6.06. The van der Waals surface area contributed by atoms with Gasteiger partial charge in [-0.2, -0.15) is 0 Å². The summed E-state index contributed by atoms with van der Waals surface area (Å²) in [7, 11) is 3.21. The fourth-order valence-corrected chi connectivity index (χ4v) is 3.26. The van der Waals surface area contributed by atoms with Crippen LogP contribution in [0.4, 0.5) is 0 Å². The van der Waals surface area contributed by atoms with E-state index in [0.29, 0.717) is 50.7 Å². The minimum atomic E-state index is -0.298. The van der Waals surface area contributed by atoms with Crippen molar-refractivity contribution in [1.82, 2.24) is 20.5 Å². The van der Waals surface area contributed by atoms with Crippen LogP contribution in [0.2, 0.25) is 0 Å². The molecule has 2 amide bonds. The predicted octanol–water partition coefficient (Wildman–Crippen LogP) is 0.730. The second kappa shape index (κ2) is 9.59. The van der Waals surface area contributed by atoms with E-state index in [0.717, 1.165) is 10.9 Å². The maximum absolute atomic E-state index is 12.3. The van der Waals surface area contributed by atoms with Crippen LogP contribution >= 0.6 is 0 Å². The lowest BCUT2D eigenvalue weighted by Gasteiger charge is -2.32. The van der Waals surface area contributed by atoms with Gasteiger partial charge in [-0.05, 0) is 12.1 Å². The first-order valence-electron chi connectivity index (χ1n) is 9.33. The summed E-state index contributed by atoms with van der Waals surface area (Å²) >= 11 is 0. The van der Waals surface area contributed by atoms with Crippen molar-refractivity contribution in [2.45, 2.75) is 6.10 Å². The lowest BCUT2D eigenvalue weighted by Crippen LogP contribution is -2.44. The maximum atomic E-state index is 12.3. The molecule has 0 spiro atoms. The van der Waals surface area contributed by atoms with Crippen molar-refractivity contribution < 1.29 is 19.1 Å². The molecule has 1 fully saturated rings. The molecule has 8 nitrogen and oxygen atoms in total. The molecule has 1 aromatic carbocycles. The molecule has 2 heterocycles. The summed E-state index contributed by atoms with van der Waals surface area (Å²) in [5.41, 5.74) is 2.01. The van der Waals surface area contributed by atoms with E-state index >= 15 is 0 Å². The minimum Gasteiger partial charge on any atom is -0.383 e. The zero-order valence-electron chi connectivity index (χ0n) is 16.2. The highest BCUT2D eigenvalue weighted by atomic mass is 16.5. The average molecular weight is 386 g/mol. The number of aromatic nitrogens is 1. The summed E-state index contributed by atoms with van der Waals surface area (Å²) in [6.45, 7) is 2.98. The van der Waals surface area contributed by atoms with Gasteiger partial charge in [0.1, 0.15) is 6.10 Å². The largest absolute Gasteiger partial charge is 0.383 e. The van der Waals surface area contributed by atoms with Crippen LogP contribution in [0.1, 0.15) is 22.2 Å². The summed E-state index contributed by atoms with van der Waals surface area (Å²) in [5, 5.41) is 6.31. The molecule has 2 aromatic rings. The molecule has 1 aromatic heterocycles. The van der Waals surface area contributed by atoms with Crippen molar-refractivity contribution in [2.24, 2.45) is 0 Å². The normalized spacial score (nSPS) is 17.4. The molecule has 1 aliphatic rings. The van der Waals surface area contributed by atoms with Gasteiger partial charge in [0, 0.05) is 39.2 Å². The Kier molecular flexibility index (Phi) is 6.91. The van der Waals surface area contributed by atoms with Gasteiger partial charge in [-0.3, -0.25) is 14.5 Å². The summed E-state index contributed by atoms with van der Waals surface area (Å²) in [6, 6.07) is 9.33. The fraction of sp³-hybridized carbons (Fsp3) is 0.450. The number of hydrogen-bond acceptors (Lipinski definition) is 6. The molecule has 28 heavy (non-hydrogen) atoms. The smallest absolute Gasteiger partial charge is 0.251 e. The molecular weight excluding hydrogens is 360 g/mol. The molecule has 3 rings (SSSR count). The number of carbonyl (C=O) groups is 2. The lowest BCUT2D eigenvalue weighted by molar-refractivity contribution is -0.124. The number of amides is 2. The fourth-order valence-electron chi connectivity index (χ4n) is 3.26. The molecule has 0 saturated carbocycles. The Hall–Kier alpha value is -2.55. The van der Waals surface area contributed by atoms with E-state index in [-0.39, 0.29) is 17.9 Å². The van der Waals surface area contributed by atoms with Crippen molar-refractivity contribution in [3.63, 3.8) is 0 Å². The lowest BCUT2D eigenvalue weighted by atomic mass is 10.0. The van der Waals surface area contributed by atoms with Crippen LogP contribution in [0.5, 0.6) is 0 Å². The number of nitrogens with one attached hydrogen (secondary N) is 2. The van der Waals surface area contributed by atoms with E-state index in [9.17, 15) is 9.59 Å². The molecule has 0 radical (unpaired) electrons. The topological polar surface area (TPSA) is 92.8 Å². The van der Waals surface area contributed by atoms with E-state index in [1.807, 2.05) is 29.2 Å². The third kappa shape index (κ3) is 4.83. The third-order valence-corrected chi connectivity index (χ3v) is 4.68. The number of hydrogen-bond donors (Lipinski definition) is 2. The van der Waals surface area contributed by atoms with Crippen molar-refractivity contribution >= 4 is 22.7 Å². The van der Waals surface area contributed by atoms with Gasteiger partial charge >= 0.3 is 0 Å². The molecule has 1 atom stereocenters. The maximum Gasteiger partial charge on any atom is 0.251 e. The van der Waals surface area contributed by atoms with E-state index in [1.54, 1.807) is 20.2 Å². The number of rotatable bonds is 7. The van der Waals surface area contributed by atoms with Gasteiger partial charge in [0.05, 0.1) is 36.5 Å². The Morgan fingerprint density at radius 2 is 2.18 bits per heavy atom. The number of ether oxygens (including phenoxy) is 2. The first-order valence-corrected chi connectivity index (χ1v) is 9.33. The molecule has 0 aliphatic carbocycles. The van der Waals surface area contributed by atoms with E-state index in [4.69, 9.17) is 14.5 Å². The molecule has 0 bridgehead atoms. The van der Waals surface area contributed by atoms with Crippen LogP contribution in [0.25, 0.3) is 10.9 Å². The van der Waals surface area contributed by atoms with Crippen LogP contribution in [-0.2, 0) is 14.3 Å². The van der Waals surface area contributed by atoms with Crippen LogP contribution in [0.3, 0.4) is 0 Å². The monoisotopic (exact) mass is 386 g/mol. The minimum absolute atomic E-state index is 0.0461. The second-order valence-electron chi connectivity index (χ2n) is 6.63. The zero-order valence-corrected chi connectivity index (χ0v) is 16.2. The Bertz CT molecular complexity index is 842. The number of morpholine rings is 1.